The number of amides is 1. The van der Waals surface area contributed by atoms with Crippen LogP contribution in [0.25, 0.3) is 10.8 Å². The average molecular weight is 311 g/mol. The summed E-state index contributed by atoms with van der Waals surface area (Å²) in [6, 6.07) is 21.4. The molecule has 114 valence electrons. The molecule has 1 heterocycles. The van der Waals surface area contributed by atoms with Gasteiger partial charge in [0.05, 0.1) is 23.0 Å². The molecule has 0 spiro atoms. The Morgan fingerprint density at radius 3 is 2.79 bits per heavy atom. The minimum Gasteiger partial charge on any atom is -0.323 e. The van der Waals surface area contributed by atoms with E-state index in [2.05, 4.69) is 16.4 Å². The molecule has 1 amide bonds. The summed E-state index contributed by atoms with van der Waals surface area (Å²) in [5.74, 6) is -0.140. The highest BCUT2D eigenvalue weighted by Gasteiger charge is 2.20. The van der Waals surface area contributed by atoms with E-state index in [0.717, 1.165) is 33.3 Å². The van der Waals surface area contributed by atoms with Crippen molar-refractivity contribution in [1.82, 2.24) is 0 Å². The highest BCUT2D eigenvalue weighted by Crippen LogP contribution is 2.31. The number of hydrogen-bond donors (Lipinski definition) is 1. The number of benzene rings is 3. The van der Waals surface area contributed by atoms with Crippen molar-refractivity contribution in [2.75, 3.05) is 11.9 Å². The van der Waals surface area contributed by atoms with Crippen molar-refractivity contribution in [2.45, 2.75) is 0 Å². The van der Waals surface area contributed by atoms with Gasteiger partial charge in [0.25, 0.3) is 0 Å². The molecule has 0 aliphatic carbocycles. The summed E-state index contributed by atoms with van der Waals surface area (Å²) in [7, 11) is 0. The number of carbonyl (C=O) groups is 1. The molecule has 0 aromatic heterocycles. The van der Waals surface area contributed by atoms with E-state index in [0.29, 0.717) is 5.56 Å². The van der Waals surface area contributed by atoms with E-state index in [1.165, 1.54) is 0 Å². The smallest absolute Gasteiger partial charge is 0.246 e. The van der Waals surface area contributed by atoms with Crippen LogP contribution < -0.4 is 5.32 Å². The van der Waals surface area contributed by atoms with Gasteiger partial charge in [-0.2, -0.15) is 5.26 Å². The number of fused-ring (bicyclic) bond motifs is 3. The summed E-state index contributed by atoms with van der Waals surface area (Å²) < 4.78 is 0. The number of nitrogens with one attached hydrogen (secondary N) is 1. The number of hydrogen-bond acceptors (Lipinski definition) is 3. The monoisotopic (exact) mass is 311 g/mol. The van der Waals surface area contributed by atoms with E-state index in [-0.39, 0.29) is 12.5 Å². The topological polar surface area (TPSA) is 65.2 Å². The van der Waals surface area contributed by atoms with Gasteiger partial charge in [0.2, 0.25) is 5.91 Å². The Morgan fingerprint density at radius 1 is 1.04 bits per heavy atom. The predicted molar refractivity (Wildman–Crippen MR) is 94.2 cm³/mol. The lowest BCUT2D eigenvalue weighted by atomic mass is 9.96. The maximum absolute atomic E-state index is 12.1. The van der Waals surface area contributed by atoms with E-state index >= 15 is 0 Å². The van der Waals surface area contributed by atoms with Gasteiger partial charge in [0, 0.05) is 16.5 Å². The summed E-state index contributed by atoms with van der Waals surface area (Å²) >= 11 is 0. The maximum atomic E-state index is 12.1. The molecule has 0 bridgehead atoms. The van der Waals surface area contributed by atoms with Crippen molar-refractivity contribution in [1.29, 1.82) is 5.26 Å². The quantitative estimate of drug-likeness (QED) is 0.747. The van der Waals surface area contributed by atoms with Crippen LogP contribution in [0.2, 0.25) is 0 Å². The van der Waals surface area contributed by atoms with Gasteiger partial charge in [-0.15, -0.1) is 0 Å². The molecule has 1 aliphatic rings. The lowest BCUT2D eigenvalue weighted by Gasteiger charge is -2.13. The number of nitriles is 1. The summed E-state index contributed by atoms with van der Waals surface area (Å²) in [5.41, 5.74) is 3.78. The second kappa shape index (κ2) is 5.64. The average Bonchev–Trinajstić information content (AvgIpc) is 2.80. The molecular formula is C20H13N3O. The Morgan fingerprint density at radius 2 is 1.92 bits per heavy atom. The molecular weight excluding hydrogens is 298 g/mol. The van der Waals surface area contributed by atoms with Gasteiger partial charge >= 0.3 is 0 Å². The number of carbonyl (C=O) groups excluding carboxylic acids is 1. The van der Waals surface area contributed by atoms with Crippen LogP contribution in [-0.2, 0) is 4.79 Å². The fraction of sp³-hybridized carbons (Fsp3) is 0.0500. The standard InChI is InChI=1S/C20H13N3O/c21-11-13-4-3-6-15(10-13)19-17-9-8-14-5-1-2-7-16(14)20(17)23-18(24)12-22-19/h1-10H,12H2,(H,23,24). The molecule has 1 N–H and O–H groups in total. The summed E-state index contributed by atoms with van der Waals surface area (Å²) in [4.78, 5) is 16.6. The van der Waals surface area contributed by atoms with Crippen molar-refractivity contribution in [2.24, 2.45) is 4.99 Å². The molecule has 4 heteroatoms. The molecule has 24 heavy (non-hydrogen) atoms. The van der Waals surface area contributed by atoms with Gasteiger partial charge in [-0.1, -0.05) is 48.5 Å². The number of nitrogens with zero attached hydrogens (tertiary/aromatic N) is 2. The summed E-state index contributed by atoms with van der Waals surface area (Å²) in [5, 5.41) is 14.2. The zero-order chi connectivity index (χ0) is 16.5. The Kier molecular flexibility index (Phi) is 3.33. The van der Waals surface area contributed by atoms with Gasteiger partial charge in [-0.05, 0) is 17.5 Å². The minimum absolute atomic E-state index is 0.0646. The third kappa shape index (κ3) is 2.33. The van der Waals surface area contributed by atoms with Gasteiger partial charge < -0.3 is 5.32 Å². The molecule has 4 rings (SSSR count). The molecule has 3 aromatic carbocycles. The first kappa shape index (κ1) is 14.2. The zero-order valence-corrected chi connectivity index (χ0v) is 12.8. The third-order valence-corrected chi connectivity index (χ3v) is 4.09. The molecule has 0 saturated carbocycles. The SMILES string of the molecule is N#Cc1cccc(C2=NCC(=O)Nc3c2ccc2ccccc32)c1. The van der Waals surface area contributed by atoms with E-state index in [1.807, 2.05) is 48.5 Å². The van der Waals surface area contributed by atoms with Crippen LogP contribution in [0, 0.1) is 11.3 Å². The van der Waals surface area contributed by atoms with Crippen LogP contribution in [0.5, 0.6) is 0 Å². The van der Waals surface area contributed by atoms with Gasteiger partial charge in [-0.3, -0.25) is 9.79 Å². The normalized spacial score (nSPS) is 13.5. The molecule has 0 fully saturated rings. The maximum Gasteiger partial charge on any atom is 0.246 e. The van der Waals surface area contributed by atoms with E-state index < -0.39 is 0 Å². The van der Waals surface area contributed by atoms with E-state index in [1.54, 1.807) is 12.1 Å². The number of anilines is 1. The Balaban J connectivity index is 1.98. The predicted octanol–water partition coefficient (Wildman–Crippen LogP) is 3.50. The van der Waals surface area contributed by atoms with Crippen LogP contribution in [0.4, 0.5) is 5.69 Å². The van der Waals surface area contributed by atoms with Crippen molar-refractivity contribution in [3.63, 3.8) is 0 Å². The highest BCUT2D eigenvalue weighted by molar-refractivity contribution is 6.23. The van der Waals surface area contributed by atoms with E-state index in [4.69, 9.17) is 5.26 Å². The van der Waals surface area contributed by atoms with Gasteiger partial charge in [0.1, 0.15) is 6.54 Å². The van der Waals surface area contributed by atoms with Crippen molar-refractivity contribution >= 4 is 28.1 Å². The first-order chi connectivity index (χ1) is 11.8. The van der Waals surface area contributed by atoms with Crippen LogP contribution in [0.3, 0.4) is 0 Å². The molecule has 4 nitrogen and oxygen atoms in total. The van der Waals surface area contributed by atoms with Crippen molar-refractivity contribution < 1.29 is 4.79 Å². The lowest BCUT2D eigenvalue weighted by Crippen LogP contribution is -2.13. The number of aliphatic imine (C=N–C) groups is 1. The van der Waals surface area contributed by atoms with Crippen LogP contribution in [0.15, 0.2) is 65.7 Å². The summed E-state index contributed by atoms with van der Waals surface area (Å²) in [6.07, 6.45) is 0. The first-order valence-electron chi connectivity index (χ1n) is 7.63. The Hall–Kier alpha value is -3.45. The molecule has 0 saturated heterocycles. The largest absolute Gasteiger partial charge is 0.323 e. The van der Waals surface area contributed by atoms with E-state index in [9.17, 15) is 4.79 Å². The second-order valence-corrected chi connectivity index (χ2v) is 5.61. The van der Waals surface area contributed by atoms with Crippen LogP contribution in [0.1, 0.15) is 16.7 Å². The first-order valence-corrected chi connectivity index (χ1v) is 7.63. The highest BCUT2D eigenvalue weighted by atomic mass is 16.1. The lowest BCUT2D eigenvalue weighted by molar-refractivity contribution is -0.114. The third-order valence-electron chi connectivity index (χ3n) is 4.09. The molecule has 0 atom stereocenters. The van der Waals surface area contributed by atoms with Crippen LogP contribution >= 0.6 is 0 Å². The number of rotatable bonds is 1. The second-order valence-electron chi connectivity index (χ2n) is 5.61. The Bertz CT molecular complexity index is 1040. The molecule has 0 unspecified atom stereocenters. The van der Waals surface area contributed by atoms with Gasteiger partial charge in [-0.25, -0.2) is 0 Å². The van der Waals surface area contributed by atoms with Crippen molar-refractivity contribution in [3.05, 3.63) is 77.4 Å². The Labute approximate surface area is 139 Å². The zero-order valence-electron chi connectivity index (χ0n) is 12.8. The molecule has 0 radical (unpaired) electrons. The molecule has 1 aliphatic heterocycles. The molecule has 3 aromatic rings. The van der Waals surface area contributed by atoms with Crippen molar-refractivity contribution in [3.8, 4) is 6.07 Å². The van der Waals surface area contributed by atoms with Crippen LogP contribution in [-0.4, -0.2) is 18.2 Å². The summed E-state index contributed by atoms with van der Waals surface area (Å²) in [6.45, 7) is 0.0646. The van der Waals surface area contributed by atoms with Gasteiger partial charge in [0.15, 0.2) is 0 Å². The minimum atomic E-state index is -0.140. The fourth-order valence-corrected chi connectivity index (χ4v) is 3.00. The fourth-order valence-electron chi connectivity index (χ4n) is 3.00.